The summed E-state index contributed by atoms with van der Waals surface area (Å²) < 4.78 is 4.96. The molecule has 0 bridgehead atoms. The van der Waals surface area contributed by atoms with Crippen LogP contribution in [0.1, 0.15) is 30.7 Å². The fourth-order valence-electron chi connectivity index (χ4n) is 2.71. The predicted molar refractivity (Wildman–Crippen MR) is 82.2 cm³/mol. The lowest BCUT2D eigenvalue weighted by Gasteiger charge is -2.28. The Kier molecular flexibility index (Phi) is 4.84. The maximum absolute atomic E-state index is 4.96. The third kappa shape index (κ3) is 4.04. The summed E-state index contributed by atoms with van der Waals surface area (Å²) >= 11 is 0. The van der Waals surface area contributed by atoms with Crippen molar-refractivity contribution in [1.29, 1.82) is 0 Å². The van der Waals surface area contributed by atoms with E-state index in [9.17, 15) is 0 Å². The third-order valence-corrected chi connectivity index (χ3v) is 3.91. The molecule has 0 radical (unpaired) electrons. The van der Waals surface area contributed by atoms with Crippen LogP contribution in [0.2, 0.25) is 0 Å². The Morgan fingerprint density at radius 1 is 1.10 bits per heavy atom. The van der Waals surface area contributed by atoms with E-state index in [1.165, 1.54) is 49.9 Å². The Morgan fingerprint density at radius 2 is 1.90 bits per heavy atom. The molecule has 0 aliphatic carbocycles. The summed E-state index contributed by atoms with van der Waals surface area (Å²) in [5, 5.41) is 6.99. The van der Waals surface area contributed by atoms with Crippen molar-refractivity contribution in [2.24, 2.45) is 0 Å². The smallest absolute Gasteiger partial charge is 0.227 e. The highest BCUT2D eigenvalue weighted by Gasteiger charge is 2.10. The number of piperidine rings is 1. The molecule has 1 aromatic carbocycles. The molecule has 0 spiro atoms. The Bertz CT molecular complexity index is 518. The number of benzene rings is 1. The second-order valence-electron chi connectivity index (χ2n) is 5.48. The van der Waals surface area contributed by atoms with Gasteiger partial charge in [-0.15, -0.1) is 0 Å². The molecule has 0 amide bonds. The fraction of sp³-hybridized carbons (Fsp3) is 0.500. The van der Waals surface area contributed by atoms with Gasteiger partial charge in [-0.25, -0.2) is 0 Å². The maximum atomic E-state index is 4.96. The summed E-state index contributed by atoms with van der Waals surface area (Å²) in [6, 6.07) is 8.90. The zero-order chi connectivity index (χ0) is 14.3. The van der Waals surface area contributed by atoms with Crippen LogP contribution < -0.4 is 10.2 Å². The first-order valence-corrected chi connectivity index (χ1v) is 7.72. The predicted octanol–water partition coefficient (Wildman–Crippen LogP) is 2.39. The Balaban J connectivity index is 1.43. The van der Waals surface area contributed by atoms with Gasteiger partial charge in [0.05, 0.1) is 0 Å². The largest absolute Gasteiger partial charge is 0.372 e. The van der Waals surface area contributed by atoms with E-state index in [2.05, 4.69) is 44.6 Å². The Morgan fingerprint density at radius 3 is 2.62 bits per heavy atom. The van der Waals surface area contributed by atoms with Crippen molar-refractivity contribution in [2.45, 2.75) is 32.2 Å². The van der Waals surface area contributed by atoms with Crippen LogP contribution >= 0.6 is 0 Å². The van der Waals surface area contributed by atoms with Crippen molar-refractivity contribution in [2.75, 3.05) is 24.5 Å². The lowest BCUT2D eigenvalue weighted by atomic mass is 10.1. The summed E-state index contributed by atoms with van der Waals surface area (Å²) in [5.41, 5.74) is 2.66. The average molecular weight is 286 g/mol. The van der Waals surface area contributed by atoms with Crippen LogP contribution in [0.25, 0.3) is 0 Å². The molecule has 2 aromatic rings. The van der Waals surface area contributed by atoms with Gasteiger partial charge >= 0.3 is 0 Å². The van der Waals surface area contributed by atoms with Crippen molar-refractivity contribution in [3.63, 3.8) is 0 Å². The lowest BCUT2D eigenvalue weighted by molar-refractivity contribution is 0.375. The zero-order valence-corrected chi connectivity index (χ0v) is 12.3. The highest BCUT2D eigenvalue weighted by Crippen LogP contribution is 2.20. The molecule has 3 rings (SSSR count). The lowest BCUT2D eigenvalue weighted by Crippen LogP contribution is -2.29. The molecule has 0 atom stereocenters. The minimum absolute atomic E-state index is 0.683. The second-order valence-corrected chi connectivity index (χ2v) is 5.48. The second kappa shape index (κ2) is 7.22. The van der Waals surface area contributed by atoms with Gasteiger partial charge in [0.2, 0.25) is 5.89 Å². The Hall–Kier alpha value is -1.88. The van der Waals surface area contributed by atoms with Gasteiger partial charge in [-0.1, -0.05) is 17.3 Å². The van der Waals surface area contributed by atoms with E-state index in [0.29, 0.717) is 5.89 Å². The average Bonchev–Trinajstić information content (AvgIpc) is 3.06. The number of rotatable bonds is 6. The summed E-state index contributed by atoms with van der Waals surface area (Å²) in [6.07, 6.45) is 6.22. The molecule has 1 N–H and O–H groups in total. The number of hydrogen-bond acceptors (Lipinski definition) is 5. The van der Waals surface area contributed by atoms with Crippen LogP contribution in [-0.4, -0.2) is 29.8 Å². The molecular weight excluding hydrogens is 264 g/mol. The van der Waals surface area contributed by atoms with E-state index in [1.54, 1.807) is 0 Å². The minimum atomic E-state index is 0.683. The number of nitrogens with one attached hydrogen (secondary N) is 1. The van der Waals surface area contributed by atoms with Crippen molar-refractivity contribution >= 4 is 5.69 Å². The summed E-state index contributed by atoms with van der Waals surface area (Å²) in [6.45, 7) is 4.11. The van der Waals surface area contributed by atoms with Crippen LogP contribution in [0.3, 0.4) is 0 Å². The topological polar surface area (TPSA) is 54.2 Å². The van der Waals surface area contributed by atoms with Crippen LogP contribution in [0.5, 0.6) is 0 Å². The first-order valence-electron chi connectivity index (χ1n) is 7.72. The van der Waals surface area contributed by atoms with Gasteiger partial charge in [-0.05, 0) is 37.0 Å². The molecule has 1 aliphatic rings. The number of nitrogens with zero attached hydrogens (tertiary/aromatic N) is 3. The van der Waals surface area contributed by atoms with Crippen LogP contribution in [0.4, 0.5) is 5.69 Å². The van der Waals surface area contributed by atoms with Crippen LogP contribution in [-0.2, 0) is 13.0 Å². The van der Waals surface area contributed by atoms with Crippen molar-refractivity contribution in [3.8, 4) is 0 Å². The number of anilines is 1. The standard InChI is InChI=1S/C16H22N4O/c1-2-10-20(11-3-1)15-6-4-14(5-7-15)12-17-9-8-16-18-13-19-21-16/h4-7,13,17H,1-3,8-12H2. The quantitative estimate of drug-likeness (QED) is 0.826. The van der Waals surface area contributed by atoms with Gasteiger partial charge < -0.3 is 14.7 Å². The van der Waals surface area contributed by atoms with E-state index >= 15 is 0 Å². The number of aromatic nitrogens is 2. The van der Waals surface area contributed by atoms with E-state index in [1.807, 2.05) is 0 Å². The normalized spacial score (nSPS) is 15.3. The minimum Gasteiger partial charge on any atom is -0.372 e. The van der Waals surface area contributed by atoms with Gasteiger partial charge in [0.15, 0.2) is 6.33 Å². The van der Waals surface area contributed by atoms with E-state index < -0.39 is 0 Å². The maximum Gasteiger partial charge on any atom is 0.227 e. The molecule has 0 unspecified atom stereocenters. The monoisotopic (exact) mass is 286 g/mol. The summed E-state index contributed by atoms with van der Waals surface area (Å²) in [7, 11) is 0. The molecule has 1 aliphatic heterocycles. The van der Waals surface area contributed by atoms with E-state index in [4.69, 9.17) is 4.52 Å². The van der Waals surface area contributed by atoms with Crippen LogP contribution in [0, 0.1) is 0 Å². The van der Waals surface area contributed by atoms with E-state index in [-0.39, 0.29) is 0 Å². The zero-order valence-electron chi connectivity index (χ0n) is 12.3. The van der Waals surface area contributed by atoms with Gasteiger partial charge in [-0.2, -0.15) is 4.98 Å². The fourth-order valence-corrected chi connectivity index (χ4v) is 2.71. The van der Waals surface area contributed by atoms with Crippen LogP contribution in [0.15, 0.2) is 35.1 Å². The van der Waals surface area contributed by atoms with Gasteiger partial charge in [0, 0.05) is 38.3 Å². The highest BCUT2D eigenvalue weighted by molar-refractivity contribution is 5.47. The molecule has 112 valence electrons. The van der Waals surface area contributed by atoms with E-state index in [0.717, 1.165) is 19.5 Å². The molecule has 1 fully saturated rings. The van der Waals surface area contributed by atoms with Gasteiger partial charge in [0.1, 0.15) is 0 Å². The summed E-state index contributed by atoms with van der Waals surface area (Å²) in [5.74, 6) is 0.683. The SMILES string of the molecule is c1noc(CCNCc2ccc(N3CCCCC3)cc2)n1. The third-order valence-electron chi connectivity index (χ3n) is 3.91. The molecule has 1 saturated heterocycles. The molecule has 5 heteroatoms. The van der Waals surface area contributed by atoms with Crippen molar-refractivity contribution in [3.05, 3.63) is 42.0 Å². The summed E-state index contributed by atoms with van der Waals surface area (Å²) in [4.78, 5) is 6.48. The molecule has 0 saturated carbocycles. The molecule has 21 heavy (non-hydrogen) atoms. The van der Waals surface area contributed by atoms with Gasteiger partial charge in [0.25, 0.3) is 0 Å². The first kappa shape index (κ1) is 14.1. The first-order chi connectivity index (χ1) is 10.4. The highest BCUT2D eigenvalue weighted by atomic mass is 16.5. The molecule has 1 aromatic heterocycles. The van der Waals surface area contributed by atoms with Gasteiger partial charge in [-0.3, -0.25) is 0 Å². The van der Waals surface area contributed by atoms with Crippen molar-refractivity contribution < 1.29 is 4.52 Å². The molecule has 2 heterocycles. The molecule has 5 nitrogen and oxygen atoms in total. The molecular formula is C16H22N4O. The number of hydrogen-bond donors (Lipinski definition) is 1. The Labute approximate surface area is 125 Å². The van der Waals surface area contributed by atoms with Crippen molar-refractivity contribution in [1.82, 2.24) is 15.5 Å².